The topological polar surface area (TPSA) is 93.7 Å². The number of nitrogens with one attached hydrogen (secondary N) is 2. The van der Waals surface area contributed by atoms with E-state index in [9.17, 15) is 14.4 Å². The molecule has 0 aliphatic carbocycles. The first-order chi connectivity index (χ1) is 15.8. The summed E-state index contributed by atoms with van der Waals surface area (Å²) >= 11 is 0. The van der Waals surface area contributed by atoms with Crippen molar-refractivity contribution in [2.75, 3.05) is 11.9 Å². The molecule has 0 spiro atoms. The van der Waals surface area contributed by atoms with E-state index in [1.165, 1.54) is 13.0 Å². The number of aryl methyl sites for hydroxylation is 2. The number of carbonyl (C=O) groups is 3. The third-order valence-electron chi connectivity index (χ3n) is 4.88. The first-order valence-electron chi connectivity index (χ1n) is 10.5. The van der Waals surface area contributed by atoms with Crippen molar-refractivity contribution >= 4 is 23.5 Å². The maximum atomic E-state index is 12.6. The number of anilines is 1. The first kappa shape index (κ1) is 23.5. The molecule has 3 aromatic rings. The lowest BCUT2D eigenvalue weighted by Crippen LogP contribution is -2.28. The van der Waals surface area contributed by atoms with Crippen molar-refractivity contribution in [3.05, 3.63) is 89.0 Å². The summed E-state index contributed by atoms with van der Waals surface area (Å²) in [5.74, 6) is -0.0935. The molecule has 0 heterocycles. The summed E-state index contributed by atoms with van der Waals surface area (Å²) in [6, 6.07) is 19.2. The number of carbonyl (C=O) groups excluding carboxylic acids is 3. The van der Waals surface area contributed by atoms with Crippen LogP contribution < -0.4 is 20.1 Å². The van der Waals surface area contributed by atoms with Crippen LogP contribution in [0.1, 0.15) is 34.0 Å². The summed E-state index contributed by atoms with van der Waals surface area (Å²) in [5, 5.41) is 5.61. The van der Waals surface area contributed by atoms with Crippen LogP contribution in [0.15, 0.2) is 66.7 Å². The molecule has 0 aromatic heterocycles. The van der Waals surface area contributed by atoms with Gasteiger partial charge in [0.1, 0.15) is 11.5 Å². The summed E-state index contributed by atoms with van der Waals surface area (Å²) in [5.41, 5.74) is 4.02. The quantitative estimate of drug-likeness (QED) is 0.400. The lowest BCUT2D eigenvalue weighted by molar-refractivity contribution is -0.131. The second-order valence-electron chi connectivity index (χ2n) is 7.59. The minimum atomic E-state index is -0.457. The van der Waals surface area contributed by atoms with E-state index in [0.717, 1.165) is 16.7 Å². The molecule has 0 bridgehead atoms. The summed E-state index contributed by atoms with van der Waals surface area (Å²) in [6.45, 7) is 5.51. The van der Waals surface area contributed by atoms with Crippen LogP contribution >= 0.6 is 0 Å². The summed E-state index contributed by atoms with van der Waals surface area (Å²) in [7, 11) is 0. The summed E-state index contributed by atoms with van der Waals surface area (Å²) < 4.78 is 10.6. The van der Waals surface area contributed by atoms with Crippen LogP contribution in [0.3, 0.4) is 0 Å². The van der Waals surface area contributed by atoms with Gasteiger partial charge in [0.25, 0.3) is 11.8 Å². The third-order valence-corrected chi connectivity index (χ3v) is 4.88. The monoisotopic (exact) mass is 446 g/mol. The molecular weight excluding hydrogens is 420 g/mol. The largest absolute Gasteiger partial charge is 0.484 e. The Morgan fingerprint density at radius 1 is 0.848 bits per heavy atom. The average molecular weight is 447 g/mol. The van der Waals surface area contributed by atoms with Crippen LogP contribution in [0.4, 0.5) is 5.69 Å². The second kappa shape index (κ2) is 10.9. The third kappa shape index (κ3) is 7.21. The molecule has 0 radical (unpaired) electrons. The van der Waals surface area contributed by atoms with Crippen molar-refractivity contribution in [3.63, 3.8) is 0 Å². The number of esters is 1. The maximum absolute atomic E-state index is 12.6. The van der Waals surface area contributed by atoms with Crippen LogP contribution in [0, 0.1) is 13.8 Å². The molecule has 170 valence electrons. The standard InChI is InChI=1S/C26H26N2O5/c1-17-10-11-23(12-18(17)2)32-16-25(30)27-15-20-6-4-8-22(13-20)28-26(31)21-7-5-9-24(14-21)33-19(3)29/h4-14H,15-16H2,1-3H3,(H,27,30)(H,28,31). The number of rotatable bonds is 8. The molecule has 7 nitrogen and oxygen atoms in total. The van der Waals surface area contributed by atoms with E-state index in [1.54, 1.807) is 36.4 Å². The minimum absolute atomic E-state index is 0.0857. The number of hydrogen-bond donors (Lipinski definition) is 2. The Kier molecular flexibility index (Phi) is 7.81. The van der Waals surface area contributed by atoms with Crippen LogP contribution in [-0.2, 0) is 16.1 Å². The van der Waals surface area contributed by atoms with Crippen molar-refractivity contribution in [1.82, 2.24) is 5.32 Å². The predicted molar refractivity (Wildman–Crippen MR) is 125 cm³/mol. The van der Waals surface area contributed by atoms with Gasteiger partial charge in [-0.3, -0.25) is 14.4 Å². The van der Waals surface area contributed by atoms with E-state index < -0.39 is 5.97 Å². The van der Waals surface area contributed by atoms with Gasteiger partial charge >= 0.3 is 5.97 Å². The Bertz CT molecular complexity index is 1170. The Morgan fingerprint density at radius 2 is 1.64 bits per heavy atom. The van der Waals surface area contributed by atoms with E-state index in [4.69, 9.17) is 9.47 Å². The molecule has 33 heavy (non-hydrogen) atoms. The van der Waals surface area contributed by atoms with Crippen LogP contribution in [0.25, 0.3) is 0 Å². The van der Waals surface area contributed by atoms with Crippen molar-refractivity contribution < 1.29 is 23.9 Å². The fourth-order valence-electron chi connectivity index (χ4n) is 3.03. The minimum Gasteiger partial charge on any atom is -0.484 e. The van der Waals surface area contributed by atoms with Gasteiger partial charge in [-0.25, -0.2) is 0 Å². The molecule has 0 fully saturated rings. The molecule has 3 aromatic carbocycles. The van der Waals surface area contributed by atoms with Crippen LogP contribution in [-0.4, -0.2) is 24.4 Å². The van der Waals surface area contributed by atoms with Crippen molar-refractivity contribution in [2.24, 2.45) is 0 Å². The molecule has 2 amide bonds. The molecule has 7 heteroatoms. The van der Waals surface area contributed by atoms with Crippen molar-refractivity contribution in [1.29, 1.82) is 0 Å². The van der Waals surface area contributed by atoms with Gasteiger partial charge in [-0.2, -0.15) is 0 Å². The zero-order valence-electron chi connectivity index (χ0n) is 18.8. The first-order valence-corrected chi connectivity index (χ1v) is 10.5. The number of ether oxygens (including phenoxy) is 2. The molecule has 0 unspecified atom stereocenters. The van der Waals surface area contributed by atoms with Crippen molar-refractivity contribution in [3.8, 4) is 11.5 Å². The highest BCUT2D eigenvalue weighted by Gasteiger charge is 2.09. The van der Waals surface area contributed by atoms with Crippen molar-refractivity contribution in [2.45, 2.75) is 27.3 Å². The molecule has 0 aliphatic rings. The Hall–Kier alpha value is -4.13. The fourth-order valence-corrected chi connectivity index (χ4v) is 3.03. The van der Waals surface area contributed by atoms with E-state index in [0.29, 0.717) is 29.3 Å². The molecule has 2 N–H and O–H groups in total. The Morgan fingerprint density at radius 3 is 2.39 bits per heavy atom. The number of amides is 2. The Labute approximate surface area is 192 Å². The van der Waals surface area contributed by atoms with Crippen LogP contribution in [0.2, 0.25) is 0 Å². The van der Waals surface area contributed by atoms with E-state index in [2.05, 4.69) is 10.6 Å². The smallest absolute Gasteiger partial charge is 0.308 e. The van der Waals surface area contributed by atoms with Crippen LogP contribution in [0.5, 0.6) is 11.5 Å². The lowest BCUT2D eigenvalue weighted by Gasteiger charge is -2.11. The van der Waals surface area contributed by atoms with Gasteiger partial charge in [-0.05, 0) is 73.0 Å². The normalized spacial score (nSPS) is 10.3. The van der Waals surface area contributed by atoms with Gasteiger partial charge in [-0.1, -0.05) is 24.3 Å². The molecule has 0 atom stereocenters. The lowest BCUT2D eigenvalue weighted by atomic mass is 10.1. The van der Waals surface area contributed by atoms with Gasteiger partial charge in [0.05, 0.1) is 0 Å². The molecular formula is C26H26N2O5. The highest BCUT2D eigenvalue weighted by molar-refractivity contribution is 6.04. The number of hydrogen-bond acceptors (Lipinski definition) is 5. The predicted octanol–water partition coefficient (Wildman–Crippen LogP) is 4.18. The van der Waals surface area contributed by atoms with Gasteiger partial charge in [-0.15, -0.1) is 0 Å². The van der Waals surface area contributed by atoms with Gasteiger partial charge in [0, 0.05) is 24.7 Å². The van der Waals surface area contributed by atoms with E-state index in [-0.39, 0.29) is 18.4 Å². The average Bonchev–Trinajstić information content (AvgIpc) is 2.78. The fraction of sp³-hybridized carbons (Fsp3) is 0.192. The Balaban J connectivity index is 1.53. The maximum Gasteiger partial charge on any atom is 0.308 e. The zero-order chi connectivity index (χ0) is 23.8. The highest BCUT2D eigenvalue weighted by Crippen LogP contribution is 2.18. The summed E-state index contributed by atoms with van der Waals surface area (Å²) in [6.07, 6.45) is 0. The van der Waals surface area contributed by atoms with Gasteiger partial charge in [0.2, 0.25) is 0 Å². The molecule has 0 saturated heterocycles. The van der Waals surface area contributed by atoms with E-state index in [1.807, 2.05) is 38.1 Å². The van der Waals surface area contributed by atoms with E-state index >= 15 is 0 Å². The second-order valence-corrected chi connectivity index (χ2v) is 7.59. The highest BCUT2D eigenvalue weighted by atomic mass is 16.5. The van der Waals surface area contributed by atoms with Gasteiger partial charge in [0.15, 0.2) is 6.61 Å². The zero-order valence-corrected chi connectivity index (χ0v) is 18.8. The molecule has 0 aliphatic heterocycles. The molecule has 3 rings (SSSR count). The summed E-state index contributed by atoms with van der Waals surface area (Å²) in [4.78, 5) is 35.8. The van der Waals surface area contributed by atoms with Gasteiger partial charge < -0.3 is 20.1 Å². The molecule has 0 saturated carbocycles. The number of benzene rings is 3. The SMILES string of the molecule is CC(=O)Oc1cccc(C(=O)Nc2cccc(CNC(=O)COc3ccc(C)c(C)c3)c2)c1.